The molecule has 1 amide bonds. The van der Waals surface area contributed by atoms with Gasteiger partial charge in [0.1, 0.15) is 12.3 Å². The van der Waals surface area contributed by atoms with E-state index in [2.05, 4.69) is 10.5 Å². The van der Waals surface area contributed by atoms with E-state index in [1.165, 1.54) is 11.3 Å². The minimum absolute atomic E-state index is 0.00607. The summed E-state index contributed by atoms with van der Waals surface area (Å²) in [5.41, 5.74) is -0.559. The number of alkyl halides is 3. The molecule has 5 nitrogen and oxygen atoms in total. The predicted molar refractivity (Wildman–Crippen MR) is 94.6 cm³/mol. The summed E-state index contributed by atoms with van der Waals surface area (Å²) in [7, 11) is 0. The molecule has 142 valence electrons. The average molecular weight is 417 g/mol. The van der Waals surface area contributed by atoms with Crippen molar-refractivity contribution < 1.29 is 27.2 Å². The second kappa shape index (κ2) is 8.12. The van der Waals surface area contributed by atoms with Crippen molar-refractivity contribution in [1.82, 2.24) is 5.16 Å². The van der Waals surface area contributed by atoms with Crippen molar-refractivity contribution in [2.75, 3.05) is 11.9 Å². The molecule has 3 rings (SSSR count). The van der Waals surface area contributed by atoms with Crippen molar-refractivity contribution in [3.63, 3.8) is 0 Å². The fourth-order valence-corrected chi connectivity index (χ4v) is 2.98. The van der Waals surface area contributed by atoms with E-state index in [4.69, 9.17) is 20.9 Å². The van der Waals surface area contributed by atoms with Crippen molar-refractivity contribution in [3.05, 3.63) is 58.1 Å². The van der Waals surface area contributed by atoms with E-state index in [9.17, 15) is 18.0 Å². The number of aromatic nitrogens is 1. The zero-order chi connectivity index (χ0) is 19.4. The fourth-order valence-electron chi connectivity index (χ4n) is 2.15. The Hall–Kier alpha value is -2.36. The molecule has 1 N–H and O–H groups in total. The lowest BCUT2D eigenvalue weighted by molar-refractivity contribution is -0.137. The van der Waals surface area contributed by atoms with Crippen LogP contribution in [0.3, 0.4) is 0 Å². The van der Waals surface area contributed by atoms with Gasteiger partial charge in [-0.3, -0.25) is 4.79 Å². The molecular weight excluding hydrogens is 405 g/mol. The summed E-state index contributed by atoms with van der Waals surface area (Å²) in [6.07, 6.45) is -4.53. The Morgan fingerprint density at radius 2 is 2.11 bits per heavy atom. The standard InChI is InChI=1S/C17H12ClF3N2O3S/c18-12-4-3-10(17(19,20)21)6-13(12)22-16(24)9-25-8-11-7-14(26-23-11)15-2-1-5-27-15/h1-7H,8-9H2,(H,22,24). The summed E-state index contributed by atoms with van der Waals surface area (Å²) < 4.78 is 48.6. The molecule has 0 saturated carbocycles. The van der Waals surface area contributed by atoms with E-state index in [-0.39, 0.29) is 23.9 Å². The highest BCUT2D eigenvalue weighted by Gasteiger charge is 2.31. The van der Waals surface area contributed by atoms with Crippen LogP contribution in [0.4, 0.5) is 18.9 Å². The van der Waals surface area contributed by atoms with Gasteiger partial charge in [0.05, 0.1) is 27.8 Å². The highest BCUT2D eigenvalue weighted by Crippen LogP contribution is 2.33. The van der Waals surface area contributed by atoms with Crippen LogP contribution in [0.2, 0.25) is 5.02 Å². The summed E-state index contributed by atoms with van der Waals surface area (Å²) in [6.45, 7) is -0.369. The summed E-state index contributed by atoms with van der Waals surface area (Å²) >= 11 is 7.32. The Labute approximate surface area is 160 Å². The lowest BCUT2D eigenvalue weighted by Crippen LogP contribution is -2.19. The van der Waals surface area contributed by atoms with Crippen LogP contribution in [-0.4, -0.2) is 17.7 Å². The number of hydrogen-bond acceptors (Lipinski definition) is 5. The third kappa shape index (κ3) is 5.09. The Kier molecular flexibility index (Phi) is 5.83. The number of benzene rings is 1. The number of nitrogens with one attached hydrogen (secondary N) is 1. The zero-order valence-electron chi connectivity index (χ0n) is 13.5. The number of amides is 1. The molecule has 0 atom stereocenters. The minimum Gasteiger partial charge on any atom is -0.365 e. The van der Waals surface area contributed by atoms with Crippen LogP contribution in [0.15, 0.2) is 46.3 Å². The molecule has 0 bridgehead atoms. The lowest BCUT2D eigenvalue weighted by atomic mass is 10.2. The molecule has 0 aliphatic rings. The molecule has 2 aromatic heterocycles. The molecule has 10 heteroatoms. The number of halogens is 4. The van der Waals surface area contributed by atoms with Gasteiger partial charge in [0.15, 0.2) is 5.76 Å². The molecule has 0 aliphatic carbocycles. The number of carbonyl (C=O) groups is 1. The predicted octanol–water partition coefficient (Wildman–Crippen LogP) is 5.23. The highest BCUT2D eigenvalue weighted by atomic mass is 35.5. The largest absolute Gasteiger partial charge is 0.416 e. The molecule has 0 unspecified atom stereocenters. The monoisotopic (exact) mass is 416 g/mol. The molecule has 27 heavy (non-hydrogen) atoms. The van der Waals surface area contributed by atoms with E-state index in [0.29, 0.717) is 11.5 Å². The van der Waals surface area contributed by atoms with Gasteiger partial charge in [0.25, 0.3) is 0 Å². The number of rotatable bonds is 6. The topological polar surface area (TPSA) is 64.4 Å². The maximum atomic E-state index is 12.7. The smallest absolute Gasteiger partial charge is 0.365 e. The maximum Gasteiger partial charge on any atom is 0.416 e. The number of carbonyl (C=O) groups excluding carboxylic acids is 1. The van der Waals surface area contributed by atoms with Crippen molar-refractivity contribution in [3.8, 4) is 10.6 Å². The van der Waals surface area contributed by atoms with Crippen LogP contribution in [0.5, 0.6) is 0 Å². The first kappa shape index (κ1) is 19.4. The molecule has 0 spiro atoms. The molecule has 0 fully saturated rings. The molecule has 0 aliphatic heterocycles. The number of thiophene rings is 1. The Balaban J connectivity index is 1.53. The third-order valence-electron chi connectivity index (χ3n) is 3.37. The minimum atomic E-state index is -4.53. The summed E-state index contributed by atoms with van der Waals surface area (Å²) in [4.78, 5) is 12.8. The second-order valence-electron chi connectivity index (χ2n) is 5.39. The molecule has 2 heterocycles. The Morgan fingerprint density at radius 1 is 1.30 bits per heavy atom. The maximum absolute atomic E-state index is 12.7. The molecular formula is C17H12ClF3N2O3S. The number of anilines is 1. The van der Waals surface area contributed by atoms with Gasteiger partial charge < -0.3 is 14.6 Å². The van der Waals surface area contributed by atoms with E-state index < -0.39 is 17.6 Å². The van der Waals surface area contributed by atoms with Crippen molar-refractivity contribution in [2.24, 2.45) is 0 Å². The second-order valence-corrected chi connectivity index (χ2v) is 6.75. The molecule has 3 aromatic rings. The van der Waals surface area contributed by atoms with Crippen LogP contribution in [0, 0.1) is 0 Å². The number of hydrogen-bond donors (Lipinski definition) is 1. The van der Waals surface area contributed by atoms with Gasteiger partial charge in [-0.25, -0.2) is 0 Å². The lowest BCUT2D eigenvalue weighted by Gasteiger charge is -2.11. The summed E-state index contributed by atoms with van der Waals surface area (Å²) in [5.74, 6) is -0.0537. The van der Waals surface area contributed by atoms with Crippen molar-refractivity contribution >= 4 is 34.5 Å². The molecule has 0 saturated heterocycles. The molecule has 1 aromatic carbocycles. The first-order valence-electron chi connectivity index (χ1n) is 7.57. The van der Waals surface area contributed by atoms with E-state index >= 15 is 0 Å². The van der Waals surface area contributed by atoms with Gasteiger partial charge in [0.2, 0.25) is 5.91 Å². The Morgan fingerprint density at radius 3 is 2.81 bits per heavy atom. The third-order valence-corrected chi connectivity index (χ3v) is 4.59. The van der Waals surface area contributed by atoms with Gasteiger partial charge in [-0.15, -0.1) is 11.3 Å². The average Bonchev–Trinajstić information content (AvgIpc) is 3.27. The van der Waals surface area contributed by atoms with E-state index in [1.54, 1.807) is 6.07 Å². The number of nitrogens with zero attached hydrogens (tertiary/aromatic N) is 1. The summed E-state index contributed by atoms with van der Waals surface area (Å²) in [5, 5.41) is 8.03. The fraction of sp³-hybridized carbons (Fsp3) is 0.176. The van der Waals surface area contributed by atoms with Crippen LogP contribution >= 0.6 is 22.9 Å². The van der Waals surface area contributed by atoms with Crippen LogP contribution in [0.25, 0.3) is 10.6 Å². The zero-order valence-corrected chi connectivity index (χ0v) is 15.1. The van der Waals surface area contributed by atoms with E-state index in [1.807, 2.05) is 17.5 Å². The van der Waals surface area contributed by atoms with Crippen LogP contribution in [-0.2, 0) is 22.3 Å². The first-order valence-corrected chi connectivity index (χ1v) is 8.82. The normalized spacial score (nSPS) is 11.6. The van der Waals surface area contributed by atoms with Gasteiger partial charge in [-0.1, -0.05) is 22.8 Å². The van der Waals surface area contributed by atoms with Gasteiger partial charge in [-0.05, 0) is 29.6 Å². The van der Waals surface area contributed by atoms with Crippen LogP contribution in [0.1, 0.15) is 11.3 Å². The van der Waals surface area contributed by atoms with E-state index in [0.717, 1.165) is 23.1 Å². The Bertz CT molecular complexity index is 926. The van der Waals surface area contributed by atoms with Gasteiger partial charge >= 0.3 is 6.18 Å². The van der Waals surface area contributed by atoms with Gasteiger partial charge in [-0.2, -0.15) is 13.2 Å². The van der Waals surface area contributed by atoms with Crippen molar-refractivity contribution in [2.45, 2.75) is 12.8 Å². The van der Waals surface area contributed by atoms with Crippen molar-refractivity contribution in [1.29, 1.82) is 0 Å². The van der Waals surface area contributed by atoms with Gasteiger partial charge in [0, 0.05) is 6.07 Å². The quantitative estimate of drug-likeness (QED) is 0.597. The molecule has 0 radical (unpaired) electrons. The SMILES string of the molecule is O=C(COCc1cc(-c2cccs2)on1)Nc1cc(C(F)(F)F)ccc1Cl. The first-order chi connectivity index (χ1) is 12.8. The highest BCUT2D eigenvalue weighted by molar-refractivity contribution is 7.13. The number of ether oxygens (including phenoxy) is 1. The summed E-state index contributed by atoms with van der Waals surface area (Å²) in [6, 6.07) is 8.12. The van der Waals surface area contributed by atoms with Crippen LogP contribution < -0.4 is 5.32 Å².